The molecule has 2 aromatic rings. The van der Waals surface area contributed by atoms with Crippen LogP contribution in [0.15, 0.2) is 30.5 Å². The molecular formula is C16H24N2. The molecule has 0 spiro atoms. The second-order valence-corrected chi connectivity index (χ2v) is 4.96. The number of fused-ring (bicyclic) bond motifs is 1. The fourth-order valence-electron chi connectivity index (χ4n) is 2.50. The number of unbranched alkanes of at least 4 members (excludes halogenated alkanes) is 2. The van der Waals surface area contributed by atoms with Crippen LogP contribution >= 0.6 is 0 Å². The summed E-state index contributed by atoms with van der Waals surface area (Å²) in [5, 5.41) is 1.42. The Labute approximate surface area is 110 Å². The summed E-state index contributed by atoms with van der Waals surface area (Å²) in [6.07, 6.45) is 8.30. The first-order chi connectivity index (χ1) is 8.86. The van der Waals surface area contributed by atoms with Gasteiger partial charge in [-0.15, -0.1) is 0 Å². The number of nitrogens with two attached hydrogens (primary N) is 1. The summed E-state index contributed by atoms with van der Waals surface area (Å²) in [6, 6.07) is 8.75. The number of aryl methyl sites for hydroxylation is 2. The largest absolute Gasteiger partial charge is 0.347 e. The number of aromatic nitrogens is 1. The Bertz CT molecular complexity index is 485. The van der Waals surface area contributed by atoms with E-state index in [1.807, 2.05) is 0 Å². The van der Waals surface area contributed by atoms with E-state index in [1.165, 1.54) is 35.7 Å². The van der Waals surface area contributed by atoms with Crippen molar-refractivity contribution in [1.82, 2.24) is 4.57 Å². The van der Waals surface area contributed by atoms with Crippen molar-refractivity contribution in [3.05, 3.63) is 36.0 Å². The van der Waals surface area contributed by atoms with Crippen LogP contribution in [-0.4, -0.2) is 11.1 Å². The zero-order valence-corrected chi connectivity index (χ0v) is 11.4. The third kappa shape index (κ3) is 2.94. The lowest BCUT2D eigenvalue weighted by molar-refractivity contribution is 0.646. The highest BCUT2D eigenvalue weighted by atomic mass is 15.0. The zero-order valence-electron chi connectivity index (χ0n) is 11.4. The molecular weight excluding hydrogens is 220 g/mol. The van der Waals surface area contributed by atoms with Gasteiger partial charge in [-0.3, -0.25) is 0 Å². The van der Waals surface area contributed by atoms with Crippen molar-refractivity contribution >= 4 is 10.9 Å². The minimum atomic E-state index is 0.800. The standard InChI is InChI=1S/C16H24N2/c1-2-3-12-18-13-14(8-6-7-11-17)15-9-4-5-10-16(15)18/h4-5,9-10,13H,2-3,6-8,11-12,17H2,1H3. The van der Waals surface area contributed by atoms with Gasteiger partial charge in [0.25, 0.3) is 0 Å². The summed E-state index contributed by atoms with van der Waals surface area (Å²) < 4.78 is 2.41. The van der Waals surface area contributed by atoms with Gasteiger partial charge in [0.1, 0.15) is 0 Å². The van der Waals surface area contributed by atoms with Crippen LogP contribution in [0.1, 0.15) is 38.2 Å². The first-order valence-electron chi connectivity index (χ1n) is 7.13. The molecule has 0 fully saturated rings. The maximum atomic E-state index is 5.57. The molecule has 0 aliphatic heterocycles. The van der Waals surface area contributed by atoms with Crippen LogP contribution in [0.25, 0.3) is 10.9 Å². The van der Waals surface area contributed by atoms with Gasteiger partial charge in [-0.1, -0.05) is 31.5 Å². The van der Waals surface area contributed by atoms with Gasteiger partial charge in [0.05, 0.1) is 0 Å². The Morgan fingerprint density at radius 2 is 1.94 bits per heavy atom. The Hall–Kier alpha value is -1.28. The maximum Gasteiger partial charge on any atom is 0.0483 e. The molecule has 2 heteroatoms. The van der Waals surface area contributed by atoms with Crippen molar-refractivity contribution in [2.45, 2.75) is 45.6 Å². The lowest BCUT2D eigenvalue weighted by Crippen LogP contribution is -1.99. The Kier molecular flexibility index (Phi) is 4.82. The molecule has 0 radical (unpaired) electrons. The summed E-state index contributed by atoms with van der Waals surface area (Å²) in [5.74, 6) is 0. The van der Waals surface area contributed by atoms with Crippen LogP contribution in [0.5, 0.6) is 0 Å². The van der Waals surface area contributed by atoms with Gasteiger partial charge < -0.3 is 10.3 Å². The fourth-order valence-corrected chi connectivity index (χ4v) is 2.50. The molecule has 0 atom stereocenters. The minimum Gasteiger partial charge on any atom is -0.347 e. The molecule has 1 aromatic heterocycles. The minimum absolute atomic E-state index is 0.800. The molecule has 1 aromatic carbocycles. The van der Waals surface area contributed by atoms with Gasteiger partial charge in [-0.05, 0) is 43.9 Å². The van der Waals surface area contributed by atoms with Gasteiger partial charge in [-0.2, -0.15) is 0 Å². The van der Waals surface area contributed by atoms with Gasteiger partial charge in [0, 0.05) is 23.6 Å². The highest BCUT2D eigenvalue weighted by molar-refractivity contribution is 5.83. The van der Waals surface area contributed by atoms with E-state index in [2.05, 4.69) is 42.0 Å². The van der Waals surface area contributed by atoms with Crippen LogP contribution in [0.3, 0.4) is 0 Å². The molecule has 0 bridgehead atoms. The van der Waals surface area contributed by atoms with Crippen molar-refractivity contribution in [1.29, 1.82) is 0 Å². The number of hydrogen-bond acceptors (Lipinski definition) is 1. The molecule has 0 saturated carbocycles. The summed E-state index contributed by atoms with van der Waals surface area (Å²) in [6.45, 7) is 4.18. The molecule has 0 saturated heterocycles. The molecule has 2 rings (SSSR count). The van der Waals surface area contributed by atoms with Crippen LogP contribution in [0.4, 0.5) is 0 Å². The average molecular weight is 244 g/mol. The molecule has 1 heterocycles. The number of para-hydroxylation sites is 1. The normalized spacial score (nSPS) is 11.2. The van der Waals surface area contributed by atoms with E-state index in [0.29, 0.717) is 0 Å². The van der Waals surface area contributed by atoms with E-state index in [9.17, 15) is 0 Å². The van der Waals surface area contributed by atoms with Gasteiger partial charge in [0.2, 0.25) is 0 Å². The maximum absolute atomic E-state index is 5.57. The highest BCUT2D eigenvalue weighted by Gasteiger charge is 2.07. The van der Waals surface area contributed by atoms with Crippen LogP contribution < -0.4 is 5.73 Å². The number of rotatable bonds is 7. The quantitative estimate of drug-likeness (QED) is 0.739. The molecule has 0 unspecified atom stereocenters. The van der Waals surface area contributed by atoms with Crippen LogP contribution in [0.2, 0.25) is 0 Å². The predicted molar refractivity (Wildman–Crippen MR) is 78.8 cm³/mol. The molecule has 0 aliphatic carbocycles. The van der Waals surface area contributed by atoms with Crippen molar-refractivity contribution in [3.63, 3.8) is 0 Å². The average Bonchev–Trinajstić information content (AvgIpc) is 2.76. The van der Waals surface area contributed by atoms with E-state index in [4.69, 9.17) is 5.73 Å². The van der Waals surface area contributed by atoms with Crippen molar-refractivity contribution in [2.24, 2.45) is 5.73 Å². The predicted octanol–water partition coefficient (Wildman–Crippen LogP) is 3.72. The molecule has 0 aliphatic rings. The molecule has 2 N–H and O–H groups in total. The van der Waals surface area contributed by atoms with Crippen LogP contribution in [-0.2, 0) is 13.0 Å². The summed E-state index contributed by atoms with van der Waals surface area (Å²) in [5.41, 5.74) is 8.44. The van der Waals surface area contributed by atoms with Crippen LogP contribution in [0, 0.1) is 0 Å². The third-order valence-corrected chi connectivity index (χ3v) is 3.52. The zero-order chi connectivity index (χ0) is 12.8. The number of nitrogens with zero attached hydrogens (tertiary/aromatic N) is 1. The lowest BCUT2D eigenvalue weighted by Gasteiger charge is -2.02. The van der Waals surface area contributed by atoms with E-state index in [0.717, 1.165) is 25.9 Å². The molecule has 2 nitrogen and oxygen atoms in total. The van der Waals surface area contributed by atoms with E-state index < -0.39 is 0 Å². The third-order valence-electron chi connectivity index (χ3n) is 3.52. The number of hydrogen-bond donors (Lipinski definition) is 1. The lowest BCUT2D eigenvalue weighted by atomic mass is 10.1. The van der Waals surface area contributed by atoms with E-state index in [-0.39, 0.29) is 0 Å². The SMILES string of the molecule is CCCCn1cc(CCCCN)c2ccccc21. The first-order valence-corrected chi connectivity index (χ1v) is 7.13. The first kappa shape index (κ1) is 13.2. The Morgan fingerprint density at radius 1 is 1.11 bits per heavy atom. The Morgan fingerprint density at radius 3 is 2.72 bits per heavy atom. The molecule has 0 amide bonds. The van der Waals surface area contributed by atoms with Gasteiger partial charge in [-0.25, -0.2) is 0 Å². The van der Waals surface area contributed by atoms with Crippen molar-refractivity contribution < 1.29 is 0 Å². The summed E-state index contributed by atoms with van der Waals surface area (Å²) in [7, 11) is 0. The number of benzene rings is 1. The molecule has 98 valence electrons. The fraction of sp³-hybridized carbons (Fsp3) is 0.500. The summed E-state index contributed by atoms with van der Waals surface area (Å²) >= 11 is 0. The second-order valence-electron chi connectivity index (χ2n) is 4.96. The van der Waals surface area contributed by atoms with Gasteiger partial charge in [0.15, 0.2) is 0 Å². The van der Waals surface area contributed by atoms with E-state index >= 15 is 0 Å². The van der Waals surface area contributed by atoms with Gasteiger partial charge >= 0.3 is 0 Å². The topological polar surface area (TPSA) is 30.9 Å². The Balaban J connectivity index is 2.23. The van der Waals surface area contributed by atoms with Crippen molar-refractivity contribution in [2.75, 3.05) is 6.54 Å². The second kappa shape index (κ2) is 6.60. The highest BCUT2D eigenvalue weighted by Crippen LogP contribution is 2.23. The molecule has 18 heavy (non-hydrogen) atoms. The monoisotopic (exact) mass is 244 g/mol. The van der Waals surface area contributed by atoms with Crippen molar-refractivity contribution in [3.8, 4) is 0 Å². The van der Waals surface area contributed by atoms with E-state index in [1.54, 1.807) is 0 Å². The smallest absolute Gasteiger partial charge is 0.0483 e. The summed E-state index contributed by atoms with van der Waals surface area (Å²) in [4.78, 5) is 0.